The van der Waals surface area contributed by atoms with E-state index in [1.807, 2.05) is 38.4 Å². The summed E-state index contributed by atoms with van der Waals surface area (Å²) in [7, 11) is 7.59. The highest BCUT2D eigenvalue weighted by Crippen LogP contribution is 2.13. The molecule has 0 saturated carbocycles. The Labute approximate surface area is 148 Å². The number of anilines is 1. The van der Waals surface area contributed by atoms with Gasteiger partial charge >= 0.3 is 0 Å². The molecule has 0 fully saturated rings. The van der Waals surface area contributed by atoms with Crippen LogP contribution in [0.3, 0.4) is 0 Å². The highest BCUT2D eigenvalue weighted by atomic mass is 16.2. The monoisotopic (exact) mass is 345 g/mol. The minimum absolute atomic E-state index is 0.0436. The van der Waals surface area contributed by atoms with Crippen LogP contribution >= 0.6 is 0 Å². The number of carbonyl (C=O) groups is 1. The third-order valence-corrected chi connectivity index (χ3v) is 3.93. The lowest BCUT2D eigenvalue weighted by atomic mass is 10.2. The number of rotatable bonds is 8. The quantitative estimate of drug-likeness (QED) is 0.721. The molecule has 1 amide bonds. The van der Waals surface area contributed by atoms with Crippen LogP contribution in [0.5, 0.6) is 0 Å². The molecule has 1 aromatic heterocycles. The van der Waals surface area contributed by atoms with E-state index in [9.17, 15) is 9.59 Å². The maximum Gasteiger partial charge on any atom is 0.293 e. The Bertz CT molecular complexity index is 783. The van der Waals surface area contributed by atoms with Crippen LogP contribution in [0, 0.1) is 0 Å². The molecule has 0 bridgehead atoms. The smallest absolute Gasteiger partial charge is 0.293 e. The zero-order valence-corrected chi connectivity index (χ0v) is 15.5. The fourth-order valence-corrected chi connectivity index (χ4v) is 2.62. The first kappa shape index (κ1) is 18.9. The SMILES string of the molecule is CN(C)CCCNC(=O)CCn1c(=O)c(N(C)C)nc2ccccc21. The van der Waals surface area contributed by atoms with Crippen LogP contribution in [0.1, 0.15) is 12.8 Å². The zero-order valence-electron chi connectivity index (χ0n) is 15.5. The summed E-state index contributed by atoms with van der Waals surface area (Å²) in [6.07, 6.45) is 1.17. The van der Waals surface area contributed by atoms with Gasteiger partial charge in [-0.25, -0.2) is 4.98 Å². The first-order valence-corrected chi connectivity index (χ1v) is 8.48. The van der Waals surface area contributed by atoms with Crippen LogP contribution in [0.15, 0.2) is 29.1 Å². The number of hydrogen-bond donors (Lipinski definition) is 1. The molecule has 7 heteroatoms. The Morgan fingerprint density at radius 2 is 1.92 bits per heavy atom. The van der Waals surface area contributed by atoms with Crippen LogP contribution in [0.25, 0.3) is 11.0 Å². The second-order valence-corrected chi connectivity index (χ2v) is 6.53. The van der Waals surface area contributed by atoms with Gasteiger partial charge in [-0.15, -0.1) is 0 Å². The first-order valence-electron chi connectivity index (χ1n) is 8.48. The molecule has 1 aromatic carbocycles. The molecule has 2 rings (SSSR count). The summed E-state index contributed by atoms with van der Waals surface area (Å²) < 4.78 is 1.64. The van der Waals surface area contributed by atoms with Crippen LogP contribution in [0.4, 0.5) is 5.82 Å². The maximum absolute atomic E-state index is 12.7. The molecule has 7 nitrogen and oxygen atoms in total. The summed E-state index contributed by atoms with van der Waals surface area (Å²) in [5.41, 5.74) is 1.32. The Hall–Kier alpha value is -2.41. The zero-order chi connectivity index (χ0) is 18.4. The predicted molar refractivity (Wildman–Crippen MR) is 101 cm³/mol. The van der Waals surface area contributed by atoms with Crippen LogP contribution in [0.2, 0.25) is 0 Å². The normalized spacial score (nSPS) is 11.1. The van der Waals surface area contributed by atoms with Crippen LogP contribution < -0.4 is 15.8 Å². The molecule has 0 aliphatic heterocycles. The van der Waals surface area contributed by atoms with Crippen molar-refractivity contribution in [2.24, 2.45) is 0 Å². The topological polar surface area (TPSA) is 70.5 Å². The summed E-state index contributed by atoms with van der Waals surface area (Å²) in [6, 6.07) is 7.50. The standard InChI is InChI=1S/C18H27N5O2/c1-21(2)12-7-11-19-16(24)10-13-23-15-9-6-5-8-14(15)20-17(18(23)25)22(3)4/h5-6,8-9H,7,10-13H2,1-4H3,(H,19,24). The number of nitrogens with zero attached hydrogens (tertiary/aromatic N) is 4. The lowest BCUT2D eigenvalue weighted by molar-refractivity contribution is -0.121. The number of benzene rings is 1. The van der Waals surface area contributed by atoms with Crippen molar-refractivity contribution in [3.05, 3.63) is 34.6 Å². The fourth-order valence-electron chi connectivity index (χ4n) is 2.62. The lowest BCUT2D eigenvalue weighted by Gasteiger charge is -2.16. The molecule has 1 N–H and O–H groups in total. The van der Waals surface area contributed by atoms with Gasteiger partial charge in [0.1, 0.15) is 0 Å². The molecule has 1 heterocycles. The summed E-state index contributed by atoms with van der Waals surface area (Å²) in [6.45, 7) is 1.91. The van der Waals surface area contributed by atoms with Gasteiger partial charge in [0.05, 0.1) is 11.0 Å². The van der Waals surface area contributed by atoms with Gasteiger partial charge in [-0.2, -0.15) is 0 Å². The second kappa shape index (κ2) is 8.62. The Morgan fingerprint density at radius 1 is 1.20 bits per heavy atom. The summed E-state index contributed by atoms with van der Waals surface area (Å²) in [5.74, 6) is 0.336. The van der Waals surface area contributed by atoms with Crippen molar-refractivity contribution in [1.29, 1.82) is 0 Å². The van der Waals surface area contributed by atoms with Crippen LogP contribution in [-0.2, 0) is 11.3 Å². The minimum Gasteiger partial charge on any atom is -0.358 e. The first-order chi connectivity index (χ1) is 11.9. The van der Waals surface area contributed by atoms with E-state index < -0.39 is 0 Å². The van der Waals surface area contributed by atoms with E-state index in [-0.39, 0.29) is 17.9 Å². The van der Waals surface area contributed by atoms with Gasteiger partial charge in [-0.3, -0.25) is 9.59 Å². The van der Waals surface area contributed by atoms with Crippen molar-refractivity contribution >= 4 is 22.8 Å². The van der Waals surface area contributed by atoms with E-state index in [2.05, 4.69) is 15.2 Å². The average Bonchev–Trinajstić information content (AvgIpc) is 2.57. The molecule has 0 saturated heterocycles. The summed E-state index contributed by atoms with van der Waals surface area (Å²) in [4.78, 5) is 33.0. The van der Waals surface area contributed by atoms with Crippen molar-refractivity contribution in [3.63, 3.8) is 0 Å². The molecule has 25 heavy (non-hydrogen) atoms. The highest BCUT2D eigenvalue weighted by molar-refractivity contribution is 5.78. The predicted octanol–water partition coefficient (Wildman–Crippen LogP) is 0.921. The van der Waals surface area contributed by atoms with Crippen molar-refractivity contribution in [2.75, 3.05) is 46.2 Å². The Balaban J connectivity index is 2.11. The lowest BCUT2D eigenvalue weighted by Crippen LogP contribution is -2.32. The third-order valence-electron chi connectivity index (χ3n) is 3.93. The maximum atomic E-state index is 12.7. The molecule has 2 aromatic rings. The molecule has 0 spiro atoms. The Morgan fingerprint density at radius 3 is 2.60 bits per heavy atom. The second-order valence-electron chi connectivity index (χ2n) is 6.53. The van der Waals surface area contributed by atoms with Gasteiger partial charge in [0.2, 0.25) is 5.91 Å². The molecule has 0 unspecified atom stereocenters. The average molecular weight is 345 g/mol. The highest BCUT2D eigenvalue weighted by Gasteiger charge is 2.13. The molecule has 0 radical (unpaired) electrons. The molecular formula is C18H27N5O2. The van der Waals surface area contributed by atoms with Crippen LogP contribution in [-0.4, -0.2) is 61.6 Å². The van der Waals surface area contributed by atoms with E-state index in [4.69, 9.17) is 0 Å². The number of para-hydroxylation sites is 2. The number of carbonyl (C=O) groups excluding carboxylic acids is 1. The van der Waals surface area contributed by atoms with Crippen molar-refractivity contribution in [3.8, 4) is 0 Å². The third kappa shape index (κ3) is 5.03. The number of aryl methyl sites for hydroxylation is 1. The van der Waals surface area contributed by atoms with Gasteiger partial charge in [0.25, 0.3) is 5.56 Å². The largest absolute Gasteiger partial charge is 0.358 e. The van der Waals surface area contributed by atoms with Gasteiger partial charge in [0, 0.05) is 33.6 Å². The number of aromatic nitrogens is 2. The minimum atomic E-state index is -0.177. The van der Waals surface area contributed by atoms with Crippen molar-refractivity contribution in [1.82, 2.24) is 19.8 Å². The number of amides is 1. The van der Waals surface area contributed by atoms with Gasteiger partial charge < -0.3 is 19.7 Å². The van der Waals surface area contributed by atoms with E-state index in [1.54, 1.807) is 23.6 Å². The summed E-state index contributed by atoms with van der Waals surface area (Å²) >= 11 is 0. The molecule has 0 aliphatic rings. The van der Waals surface area contributed by atoms with Gasteiger partial charge in [-0.1, -0.05) is 12.1 Å². The molecule has 0 atom stereocenters. The van der Waals surface area contributed by atoms with E-state index in [0.717, 1.165) is 24.0 Å². The van der Waals surface area contributed by atoms with Crippen molar-refractivity contribution < 1.29 is 4.79 Å². The van der Waals surface area contributed by atoms with Gasteiger partial charge in [0.15, 0.2) is 5.82 Å². The van der Waals surface area contributed by atoms with Crippen molar-refractivity contribution in [2.45, 2.75) is 19.4 Å². The van der Waals surface area contributed by atoms with E-state index in [1.165, 1.54) is 0 Å². The van der Waals surface area contributed by atoms with E-state index >= 15 is 0 Å². The summed E-state index contributed by atoms with van der Waals surface area (Å²) in [5, 5.41) is 2.91. The molecule has 0 aliphatic carbocycles. The number of hydrogen-bond acceptors (Lipinski definition) is 5. The Kier molecular flexibility index (Phi) is 6.52. The fraction of sp³-hybridized carbons (Fsp3) is 0.500. The number of fused-ring (bicyclic) bond motifs is 1. The molecular weight excluding hydrogens is 318 g/mol. The molecule has 136 valence electrons. The van der Waals surface area contributed by atoms with Gasteiger partial charge in [-0.05, 0) is 39.2 Å². The number of nitrogens with one attached hydrogen (secondary N) is 1. The van der Waals surface area contributed by atoms with E-state index in [0.29, 0.717) is 18.9 Å².